The molecule has 0 aliphatic heterocycles. The number of hydrogen-bond acceptors (Lipinski definition) is 4. The molecular formula is C13H16BrN3O3S. The van der Waals surface area contributed by atoms with Crippen LogP contribution in [0.2, 0.25) is 0 Å². The van der Waals surface area contributed by atoms with Crippen LogP contribution in [-0.4, -0.2) is 25.7 Å². The van der Waals surface area contributed by atoms with Gasteiger partial charge in [-0.05, 0) is 40.0 Å². The van der Waals surface area contributed by atoms with Crippen molar-refractivity contribution in [3.8, 4) is 5.75 Å². The molecule has 0 unspecified atom stereocenters. The fraction of sp³-hybridized carbons (Fsp3) is 0.308. The van der Waals surface area contributed by atoms with Gasteiger partial charge in [0, 0.05) is 11.8 Å². The number of rotatable bonds is 5. The number of benzene rings is 1. The van der Waals surface area contributed by atoms with Gasteiger partial charge in [0.1, 0.15) is 5.75 Å². The van der Waals surface area contributed by atoms with Crippen LogP contribution in [0, 0.1) is 0 Å². The molecule has 2 rings (SSSR count). The van der Waals surface area contributed by atoms with Crippen LogP contribution < -0.4 is 9.46 Å². The van der Waals surface area contributed by atoms with Gasteiger partial charge in [0.15, 0.2) is 5.82 Å². The Balaban J connectivity index is 2.27. The Hall–Kier alpha value is -1.54. The smallest absolute Gasteiger partial charge is 0.263 e. The first kappa shape index (κ1) is 15.8. The number of nitrogens with one attached hydrogen (secondary N) is 2. The first-order valence-electron chi connectivity index (χ1n) is 6.25. The van der Waals surface area contributed by atoms with Crippen molar-refractivity contribution >= 4 is 31.8 Å². The van der Waals surface area contributed by atoms with Crippen LogP contribution in [0.5, 0.6) is 5.75 Å². The maximum atomic E-state index is 12.3. The Morgan fingerprint density at radius 3 is 2.57 bits per heavy atom. The van der Waals surface area contributed by atoms with Crippen molar-refractivity contribution in [2.75, 3.05) is 11.8 Å². The van der Waals surface area contributed by atoms with Crippen molar-refractivity contribution < 1.29 is 13.2 Å². The normalized spacial score (nSPS) is 11.7. The van der Waals surface area contributed by atoms with Crippen LogP contribution in [0.25, 0.3) is 0 Å². The molecule has 1 heterocycles. The van der Waals surface area contributed by atoms with Crippen molar-refractivity contribution in [1.29, 1.82) is 0 Å². The highest BCUT2D eigenvalue weighted by atomic mass is 79.9. The molecule has 1 aromatic heterocycles. The Kier molecular flexibility index (Phi) is 4.58. The largest absolute Gasteiger partial charge is 0.496 e. The van der Waals surface area contributed by atoms with E-state index < -0.39 is 10.0 Å². The number of aromatic nitrogens is 2. The van der Waals surface area contributed by atoms with E-state index in [0.717, 1.165) is 5.69 Å². The van der Waals surface area contributed by atoms with Gasteiger partial charge in [-0.2, -0.15) is 5.10 Å². The van der Waals surface area contributed by atoms with E-state index in [1.165, 1.54) is 19.2 Å². The third-order valence-electron chi connectivity index (χ3n) is 2.89. The number of halogens is 1. The lowest BCUT2D eigenvalue weighted by molar-refractivity contribution is 0.411. The van der Waals surface area contributed by atoms with E-state index in [0.29, 0.717) is 10.2 Å². The average molecular weight is 374 g/mol. The number of aromatic amines is 1. The first-order valence-corrected chi connectivity index (χ1v) is 8.53. The predicted octanol–water partition coefficient (Wildman–Crippen LogP) is 3.11. The van der Waals surface area contributed by atoms with Gasteiger partial charge in [-0.1, -0.05) is 13.8 Å². The number of anilines is 1. The summed E-state index contributed by atoms with van der Waals surface area (Å²) in [5.74, 6) is 1.08. The summed E-state index contributed by atoms with van der Waals surface area (Å²) in [6.45, 7) is 3.98. The maximum Gasteiger partial charge on any atom is 0.263 e. The van der Waals surface area contributed by atoms with E-state index in [-0.39, 0.29) is 16.6 Å². The van der Waals surface area contributed by atoms with E-state index >= 15 is 0 Å². The minimum Gasteiger partial charge on any atom is -0.496 e. The molecule has 114 valence electrons. The Morgan fingerprint density at radius 2 is 2.05 bits per heavy atom. The third kappa shape index (κ3) is 3.56. The zero-order valence-corrected chi connectivity index (χ0v) is 14.2. The molecule has 0 radical (unpaired) electrons. The van der Waals surface area contributed by atoms with Gasteiger partial charge >= 0.3 is 0 Å². The SMILES string of the molecule is COc1ccc(S(=O)(=O)Nc2cc(C(C)C)[nH]n2)cc1Br. The lowest BCUT2D eigenvalue weighted by Gasteiger charge is -2.08. The highest BCUT2D eigenvalue weighted by molar-refractivity contribution is 9.10. The quantitative estimate of drug-likeness (QED) is 0.842. The zero-order valence-electron chi connectivity index (χ0n) is 11.8. The van der Waals surface area contributed by atoms with Gasteiger partial charge in [0.2, 0.25) is 0 Å². The average Bonchev–Trinajstić information content (AvgIpc) is 2.86. The molecule has 0 fully saturated rings. The summed E-state index contributed by atoms with van der Waals surface area (Å²) >= 11 is 3.27. The Bertz CT molecular complexity index is 741. The summed E-state index contributed by atoms with van der Waals surface area (Å²) in [6.07, 6.45) is 0. The fourth-order valence-corrected chi connectivity index (χ4v) is 3.41. The van der Waals surface area contributed by atoms with Gasteiger partial charge in [-0.25, -0.2) is 8.42 Å². The molecule has 0 bridgehead atoms. The van der Waals surface area contributed by atoms with E-state index in [9.17, 15) is 8.42 Å². The van der Waals surface area contributed by atoms with E-state index in [1.807, 2.05) is 13.8 Å². The van der Waals surface area contributed by atoms with Crippen molar-refractivity contribution in [1.82, 2.24) is 10.2 Å². The number of methoxy groups -OCH3 is 1. The second-order valence-corrected chi connectivity index (χ2v) is 7.30. The zero-order chi connectivity index (χ0) is 15.6. The molecule has 21 heavy (non-hydrogen) atoms. The lowest BCUT2D eigenvalue weighted by atomic mass is 10.1. The van der Waals surface area contributed by atoms with Crippen LogP contribution in [0.3, 0.4) is 0 Å². The molecule has 0 spiro atoms. The van der Waals surface area contributed by atoms with Crippen LogP contribution in [0.15, 0.2) is 33.6 Å². The molecule has 0 amide bonds. The number of hydrogen-bond donors (Lipinski definition) is 2. The topological polar surface area (TPSA) is 84.1 Å². The summed E-state index contributed by atoms with van der Waals surface area (Å²) in [6, 6.07) is 6.22. The van der Waals surface area contributed by atoms with Crippen LogP contribution in [0.1, 0.15) is 25.5 Å². The molecule has 0 saturated heterocycles. The molecular weight excluding hydrogens is 358 g/mol. The maximum absolute atomic E-state index is 12.3. The first-order chi connectivity index (χ1) is 9.83. The van der Waals surface area contributed by atoms with E-state index in [4.69, 9.17) is 4.74 Å². The van der Waals surface area contributed by atoms with Crippen molar-refractivity contribution in [3.63, 3.8) is 0 Å². The molecule has 2 N–H and O–H groups in total. The molecule has 8 heteroatoms. The van der Waals surface area contributed by atoms with Crippen molar-refractivity contribution in [3.05, 3.63) is 34.4 Å². The van der Waals surface area contributed by atoms with Gasteiger partial charge < -0.3 is 4.74 Å². The Labute approximate surface area is 132 Å². The molecule has 0 aliphatic rings. The van der Waals surface area contributed by atoms with Gasteiger partial charge in [0.05, 0.1) is 16.5 Å². The minimum absolute atomic E-state index is 0.129. The van der Waals surface area contributed by atoms with Gasteiger partial charge in [0.25, 0.3) is 10.0 Å². The van der Waals surface area contributed by atoms with Crippen LogP contribution >= 0.6 is 15.9 Å². The van der Waals surface area contributed by atoms with E-state index in [1.54, 1.807) is 12.1 Å². The fourth-order valence-electron chi connectivity index (χ4n) is 1.70. The molecule has 6 nitrogen and oxygen atoms in total. The number of H-pyrrole nitrogens is 1. The minimum atomic E-state index is -3.69. The number of sulfonamides is 1. The number of nitrogens with zero attached hydrogens (tertiary/aromatic N) is 1. The van der Waals surface area contributed by atoms with E-state index in [2.05, 4.69) is 30.8 Å². The van der Waals surface area contributed by atoms with Crippen molar-refractivity contribution in [2.24, 2.45) is 0 Å². The predicted molar refractivity (Wildman–Crippen MR) is 84.2 cm³/mol. The molecule has 0 atom stereocenters. The molecule has 1 aromatic carbocycles. The summed E-state index contributed by atoms with van der Waals surface area (Å²) in [7, 11) is -2.17. The lowest BCUT2D eigenvalue weighted by Crippen LogP contribution is -2.13. The second-order valence-electron chi connectivity index (χ2n) is 4.77. The summed E-state index contributed by atoms with van der Waals surface area (Å²) in [4.78, 5) is 0.129. The monoisotopic (exact) mass is 373 g/mol. The van der Waals surface area contributed by atoms with Gasteiger partial charge in [-0.15, -0.1) is 0 Å². The van der Waals surface area contributed by atoms with Crippen molar-refractivity contribution in [2.45, 2.75) is 24.7 Å². The standard InChI is InChI=1S/C13H16BrN3O3S/c1-8(2)11-7-13(16-15-11)17-21(18,19)9-4-5-12(20-3)10(14)6-9/h4-8H,1-3H3,(H2,15,16,17). The number of ether oxygens (including phenoxy) is 1. The van der Waals surface area contributed by atoms with Gasteiger partial charge in [-0.3, -0.25) is 9.82 Å². The summed E-state index contributed by atoms with van der Waals surface area (Å²) < 4.78 is 32.7. The summed E-state index contributed by atoms with van der Waals surface area (Å²) in [5, 5.41) is 6.76. The molecule has 0 aliphatic carbocycles. The summed E-state index contributed by atoms with van der Waals surface area (Å²) in [5.41, 5.74) is 0.864. The van der Waals surface area contributed by atoms with Crippen LogP contribution in [-0.2, 0) is 10.0 Å². The highest BCUT2D eigenvalue weighted by Gasteiger charge is 2.18. The molecule has 0 saturated carbocycles. The highest BCUT2D eigenvalue weighted by Crippen LogP contribution is 2.28. The Morgan fingerprint density at radius 1 is 1.33 bits per heavy atom. The second kappa shape index (κ2) is 6.07. The molecule has 2 aromatic rings. The third-order valence-corrected chi connectivity index (χ3v) is 4.86. The van der Waals surface area contributed by atoms with Crippen LogP contribution in [0.4, 0.5) is 5.82 Å².